The van der Waals surface area contributed by atoms with Crippen molar-refractivity contribution in [3.63, 3.8) is 0 Å². The Morgan fingerprint density at radius 1 is 1.13 bits per heavy atom. The number of aromatic nitrogens is 4. The Kier molecular flexibility index (Phi) is 6.18. The predicted octanol–water partition coefficient (Wildman–Crippen LogP) is 2.05. The minimum Gasteiger partial charge on any atom is -0.354 e. The second kappa shape index (κ2) is 9.01. The average molecular weight is 422 g/mol. The molecule has 1 saturated heterocycles. The van der Waals surface area contributed by atoms with Crippen LogP contribution >= 0.6 is 0 Å². The number of piperazine rings is 1. The summed E-state index contributed by atoms with van der Waals surface area (Å²) in [6.45, 7) is 10.6. The molecule has 4 rings (SSSR count). The van der Waals surface area contributed by atoms with Crippen LogP contribution < -0.4 is 10.2 Å². The zero-order valence-corrected chi connectivity index (χ0v) is 18.9. The summed E-state index contributed by atoms with van der Waals surface area (Å²) in [7, 11) is 2.14. The van der Waals surface area contributed by atoms with Crippen LogP contribution in [0.3, 0.4) is 0 Å². The molecule has 164 valence electrons. The lowest BCUT2D eigenvalue weighted by molar-refractivity contribution is -0.121. The van der Waals surface area contributed by atoms with Crippen molar-refractivity contribution < 1.29 is 4.79 Å². The molecule has 0 unspecified atom stereocenters. The molecule has 1 N–H and O–H groups in total. The third-order valence-corrected chi connectivity index (χ3v) is 6.02. The van der Waals surface area contributed by atoms with Gasteiger partial charge >= 0.3 is 0 Å². The Balaban J connectivity index is 1.34. The number of hydrogen-bond acceptors (Lipinski definition) is 6. The maximum atomic E-state index is 12.5. The normalized spacial score (nSPS) is 14.9. The van der Waals surface area contributed by atoms with E-state index in [9.17, 15) is 4.79 Å². The number of rotatable bonds is 6. The standard InChI is InChI=1S/C23H31N7O/c1-16-13-22-26-17(2)20(18(3)30(22)27-16)5-6-23(31)25-15-19-7-8-24-21(14-19)29-11-9-28(4)10-12-29/h7-8,13-14H,5-6,9-12,15H2,1-4H3,(H,25,31). The molecule has 3 aromatic heterocycles. The molecule has 1 amide bonds. The van der Waals surface area contributed by atoms with Gasteiger partial charge in [0.2, 0.25) is 5.91 Å². The number of hydrogen-bond donors (Lipinski definition) is 1. The summed E-state index contributed by atoms with van der Waals surface area (Å²) in [6.07, 6.45) is 2.90. The second-order valence-electron chi connectivity index (χ2n) is 8.41. The fourth-order valence-electron chi connectivity index (χ4n) is 4.11. The van der Waals surface area contributed by atoms with Gasteiger partial charge in [0.05, 0.1) is 5.69 Å². The summed E-state index contributed by atoms with van der Waals surface area (Å²) < 4.78 is 1.87. The zero-order chi connectivity index (χ0) is 22.0. The maximum absolute atomic E-state index is 12.5. The highest BCUT2D eigenvalue weighted by Gasteiger charge is 2.16. The highest BCUT2D eigenvalue weighted by Crippen LogP contribution is 2.17. The molecule has 1 aliphatic rings. The minimum absolute atomic E-state index is 0.0357. The van der Waals surface area contributed by atoms with Crippen LogP contribution in [0.5, 0.6) is 0 Å². The van der Waals surface area contributed by atoms with Crippen LogP contribution in [-0.4, -0.2) is 63.6 Å². The molecule has 4 heterocycles. The Hall–Kier alpha value is -3.00. The van der Waals surface area contributed by atoms with Crippen LogP contribution in [0.2, 0.25) is 0 Å². The third-order valence-electron chi connectivity index (χ3n) is 6.02. The van der Waals surface area contributed by atoms with E-state index in [2.05, 4.69) is 43.3 Å². The van der Waals surface area contributed by atoms with E-state index in [0.29, 0.717) is 19.4 Å². The SMILES string of the molecule is Cc1cc2nc(C)c(CCC(=O)NCc3ccnc(N4CCN(C)CC4)c3)c(C)n2n1. The number of fused-ring (bicyclic) bond motifs is 1. The molecule has 0 bridgehead atoms. The van der Waals surface area contributed by atoms with E-state index in [4.69, 9.17) is 0 Å². The van der Waals surface area contributed by atoms with Crippen LogP contribution in [0.1, 0.15) is 34.6 Å². The van der Waals surface area contributed by atoms with Crippen molar-refractivity contribution in [2.75, 3.05) is 38.1 Å². The fourth-order valence-corrected chi connectivity index (χ4v) is 4.11. The van der Waals surface area contributed by atoms with Crippen LogP contribution in [-0.2, 0) is 17.8 Å². The number of likely N-dealkylation sites (N-methyl/N-ethyl adjacent to an activating group) is 1. The van der Waals surface area contributed by atoms with E-state index < -0.39 is 0 Å². The number of aryl methyl sites for hydroxylation is 3. The summed E-state index contributed by atoms with van der Waals surface area (Å²) >= 11 is 0. The number of nitrogens with one attached hydrogen (secondary N) is 1. The van der Waals surface area contributed by atoms with Gasteiger partial charge in [0.25, 0.3) is 0 Å². The third kappa shape index (κ3) is 4.85. The average Bonchev–Trinajstić information content (AvgIpc) is 3.13. The molecular formula is C23H31N7O. The monoisotopic (exact) mass is 421 g/mol. The fraction of sp³-hybridized carbons (Fsp3) is 0.478. The highest BCUT2D eigenvalue weighted by molar-refractivity contribution is 5.76. The Morgan fingerprint density at radius 3 is 2.68 bits per heavy atom. The number of carbonyl (C=O) groups is 1. The number of pyridine rings is 1. The summed E-state index contributed by atoms with van der Waals surface area (Å²) in [5.74, 6) is 1.02. The van der Waals surface area contributed by atoms with Crippen molar-refractivity contribution in [1.82, 2.24) is 29.8 Å². The lowest BCUT2D eigenvalue weighted by Gasteiger charge is -2.33. The summed E-state index contributed by atoms with van der Waals surface area (Å²) in [6, 6.07) is 6.02. The molecule has 0 saturated carbocycles. The van der Waals surface area contributed by atoms with E-state index >= 15 is 0 Å². The summed E-state index contributed by atoms with van der Waals surface area (Å²) in [5, 5.41) is 7.56. The first-order valence-corrected chi connectivity index (χ1v) is 10.9. The van der Waals surface area contributed by atoms with Crippen LogP contribution in [0.25, 0.3) is 5.65 Å². The van der Waals surface area contributed by atoms with Gasteiger partial charge in [-0.3, -0.25) is 4.79 Å². The van der Waals surface area contributed by atoms with Gasteiger partial charge in [-0.1, -0.05) is 0 Å². The van der Waals surface area contributed by atoms with Gasteiger partial charge in [-0.15, -0.1) is 0 Å². The molecule has 3 aromatic rings. The zero-order valence-electron chi connectivity index (χ0n) is 18.9. The number of anilines is 1. The van der Waals surface area contributed by atoms with Crippen molar-refractivity contribution in [3.05, 3.63) is 52.6 Å². The van der Waals surface area contributed by atoms with E-state index in [0.717, 1.165) is 65.9 Å². The molecule has 8 nitrogen and oxygen atoms in total. The Bertz CT molecular complexity index is 1080. The first-order chi connectivity index (χ1) is 14.9. The van der Waals surface area contributed by atoms with Gasteiger partial charge in [0.1, 0.15) is 5.82 Å². The Labute approximate surface area is 183 Å². The van der Waals surface area contributed by atoms with Crippen molar-refractivity contribution in [3.8, 4) is 0 Å². The quantitative estimate of drug-likeness (QED) is 0.656. The van der Waals surface area contributed by atoms with Gasteiger partial charge in [-0.2, -0.15) is 5.10 Å². The molecule has 0 radical (unpaired) electrons. The molecule has 1 aliphatic heterocycles. The summed E-state index contributed by atoms with van der Waals surface area (Å²) in [4.78, 5) is 26.3. The largest absolute Gasteiger partial charge is 0.354 e. The van der Waals surface area contributed by atoms with Gasteiger partial charge in [0, 0.05) is 62.8 Å². The molecule has 8 heteroatoms. The number of amides is 1. The van der Waals surface area contributed by atoms with Crippen molar-refractivity contribution >= 4 is 17.4 Å². The summed E-state index contributed by atoms with van der Waals surface area (Å²) in [5.41, 5.74) is 5.97. The van der Waals surface area contributed by atoms with E-state index in [1.807, 2.05) is 43.6 Å². The minimum atomic E-state index is 0.0357. The van der Waals surface area contributed by atoms with Crippen LogP contribution in [0.15, 0.2) is 24.4 Å². The lowest BCUT2D eigenvalue weighted by Crippen LogP contribution is -2.44. The van der Waals surface area contributed by atoms with Gasteiger partial charge in [0.15, 0.2) is 5.65 Å². The van der Waals surface area contributed by atoms with Gasteiger partial charge < -0.3 is 15.1 Å². The van der Waals surface area contributed by atoms with Crippen molar-refractivity contribution in [2.24, 2.45) is 0 Å². The highest BCUT2D eigenvalue weighted by atomic mass is 16.1. The van der Waals surface area contributed by atoms with Crippen LogP contribution in [0.4, 0.5) is 5.82 Å². The molecule has 0 aromatic carbocycles. The van der Waals surface area contributed by atoms with Crippen molar-refractivity contribution in [2.45, 2.75) is 40.2 Å². The Morgan fingerprint density at radius 2 is 1.90 bits per heavy atom. The van der Waals surface area contributed by atoms with Gasteiger partial charge in [-0.25, -0.2) is 14.5 Å². The predicted molar refractivity (Wildman–Crippen MR) is 121 cm³/mol. The van der Waals surface area contributed by atoms with E-state index in [1.165, 1.54) is 0 Å². The molecule has 1 fully saturated rings. The molecule has 0 aliphatic carbocycles. The van der Waals surface area contributed by atoms with E-state index in [-0.39, 0.29) is 5.91 Å². The maximum Gasteiger partial charge on any atom is 0.220 e. The number of nitrogens with zero attached hydrogens (tertiary/aromatic N) is 6. The molecular weight excluding hydrogens is 390 g/mol. The first kappa shape index (κ1) is 21.2. The van der Waals surface area contributed by atoms with E-state index in [1.54, 1.807) is 0 Å². The first-order valence-electron chi connectivity index (χ1n) is 10.9. The molecule has 31 heavy (non-hydrogen) atoms. The molecule has 0 spiro atoms. The van der Waals surface area contributed by atoms with Crippen LogP contribution in [0, 0.1) is 20.8 Å². The smallest absolute Gasteiger partial charge is 0.220 e. The van der Waals surface area contributed by atoms with Gasteiger partial charge in [-0.05, 0) is 57.5 Å². The van der Waals surface area contributed by atoms with Crippen molar-refractivity contribution in [1.29, 1.82) is 0 Å². The lowest BCUT2D eigenvalue weighted by atomic mass is 10.1. The second-order valence-corrected chi connectivity index (χ2v) is 8.41. The number of carbonyl (C=O) groups excluding carboxylic acids is 1. The molecule has 0 atom stereocenters. The topological polar surface area (TPSA) is 78.7 Å².